The average molecular weight is 237 g/mol. The predicted octanol–water partition coefficient (Wildman–Crippen LogP) is 4.04. The number of hydrogen-bond acceptors (Lipinski definition) is 1. The number of hydrogen-bond donors (Lipinski definition) is 0. The highest BCUT2D eigenvalue weighted by molar-refractivity contribution is 6.63. The highest BCUT2D eigenvalue weighted by Crippen LogP contribution is 2.34. The second-order valence-corrected chi connectivity index (χ2v) is 4.99. The van der Waals surface area contributed by atoms with E-state index < -0.39 is 0 Å². The van der Waals surface area contributed by atoms with E-state index in [2.05, 4.69) is 12.1 Å². The van der Waals surface area contributed by atoms with Gasteiger partial charge in [0.05, 0.1) is 0 Å². The lowest BCUT2D eigenvalue weighted by Gasteiger charge is -2.24. The summed E-state index contributed by atoms with van der Waals surface area (Å²) in [5, 5.41) is -0.261. The molecule has 1 nitrogen and oxygen atoms in total. The van der Waals surface area contributed by atoms with Gasteiger partial charge in [0, 0.05) is 6.42 Å². The minimum atomic E-state index is -0.261. The van der Waals surface area contributed by atoms with Crippen LogP contribution >= 0.6 is 11.6 Å². The Bertz CT molecular complexity index is 367. The minimum absolute atomic E-state index is 0.261. The molecule has 16 heavy (non-hydrogen) atoms. The molecule has 0 saturated heterocycles. The summed E-state index contributed by atoms with van der Waals surface area (Å²) < 4.78 is 0. The summed E-state index contributed by atoms with van der Waals surface area (Å²) in [5.74, 6) is 0.640. The highest BCUT2D eigenvalue weighted by atomic mass is 35.5. The van der Waals surface area contributed by atoms with Crippen molar-refractivity contribution in [3.8, 4) is 0 Å². The van der Waals surface area contributed by atoms with Crippen molar-refractivity contribution >= 4 is 16.8 Å². The first-order chi connectivity index (χ1) is 7.77. The summed E-state index contributed by atoms with van der Waals surface area (Å²) in [4.78, 5) is 11.0. The molecule has 0 unspecified atom stereocenters. The van der Waals surface area contributed by atoms with Gasteiger partial charge in [-0.2, -0.15) is 0 Å². The van der Waals surface area contributed by atoms with Gasteiger partial charge in [-0.3, -0.25) is 4.79 Å². The Labute approximate surface area is 102 Å². The van der Waals surface area contributed by atoms with Crippen molar-refractivity contribution in [3.63, 3.8) is 0 Å². The summed E-state index contributed by atoms with van der Waals surface area (Å²) in [6, 6.07) is 8.24. The maximum atomic E-state index is 11.0. The lowest BCUT2D eigenvalue weighted by atomic mass is 9.82. The smallest absolute Gasteiger partial charge is 0.226 e. The topological polar surface area (TPSA) is 17.1 Å². The normalized spacial score (nSPS) is 17.3. The highest BCUT2D eigenvalue weighted by Gasteiger charge is 2.18. The molecule has 2 heteroatoms. The first-order valence-electron chi connectivity index (χ1n) is 6.03. The Morgan fingerprint density at radius 3 is 2.56 bits per heavy atom. The van der Waals surface area contributed by atoms with Crippen LogP contribution in [0.4, 0.5) is 0 Å². The molecule has 2 rings (SSSR count). The van der Waals surface area contributed by atoms with E-state index in [1.807, 2.05) is 12.1 Å². The standard InChI is InChI=1S/C14H17ClO/c15-14(16)10-12-8-4-5-9-13(12)11-6-2-1-3-7-11/h4-5,8-9,11H,1-3,6-7,10H2. The largest absolute Gasteiger partial charge is 0.281 e. The van der Waals surface area contributed by atoms with E-state index in [9.17, 15) is 4.79 Å². The number of benzene rings is 1. The predicted molar refractivity (Wildman–Crippen MR) is 66.8 cm³/mol. The van der Waals surface area contributed by atoms with Crippen LogP contribution in [0.1, 0.15) is 49.1 Å². The lowest BCUT2D eigenvalue weighted by Crippen LogP contribution is -2.08. The van der Waals surface area contributed by atoms with Crippen molar-refractivity contribution in [2.45, 2.75) is 44.4 Å². The summed E-state index contributed by atoms with van der Waals surface area (Å²) >= 11 is 5.48. The number of carbonyl (C=O) groups is 1. The molecular weight excluding hydrogens is 220 g/mol. The van der Waals surface area contributed by atoms with Gasteiger partial charge in [0.1, 0.15) is 0 Å². The van der Waals surface area contributed by atoms with Gasteiger partial charge in [-0.25, -0.2) is 0 Å². The Hall–Kier alpha value is -0.820. The second-order valence-electron chi connectivity index (χ2n) is 4.57. The van der Waals surface area contributed by atoms with E-state index in [1.165, 1.54) is 37.7 Å². The number of carbonyl (C=O) groups excluding carboxylic acids is 1. The van der Waals surface area contributed by atoms with E-state index in [-0.39, 0.29) is 5.24 Å². The maximum absolute atomic E-state index is 11.0. The quantitative estimate of drug-likeness (QED) is 0.724. The third kappa shape index (κ3) is 2.85. The molecule has 86 valence electrons. The second kappa shape index (κ2) is 5.49. The van der Waals surface area contributed by atoms with Crippen molar-refractivity contribution < 1.29 is 4.79 Å². The molecule has 1 aromatic carbocycles. The van der Waals surface area contributed by atoms with E-state index in [4.69, 9.17) is 11.6 Å². The minimum Gasteiger partial charge on any atom is -0.281 e. The van der Waals surface area contributed by atoms with Crippen LogP contribution in [0.15, 0.2) is 24.3 Å². The monoisotopic (exact) mass is 236 g/mol. The van der Waals surface area contributed by atoms with Crippen LogP contribution in [0.5, 0.6) is 0 Å². The first kappa shape index (κ1) is 11.7. The van der Waals surface area contributed by atoms with Gasteiger partial charge < -0.3 is 0 Å². The number of rotatable bonds is 3. The van der Waals surface area contributed by atoms with Crippen LogP contribution in [-0.4, -0.2) is 5.24 Å². The van der Waals surface area contributed by atoms with E-state index in [1.54, 1.807) is 0 Å². The number of halogens is 1. The Kier molecular flexibility index (Phi) is 4.00. The molecule has 1 aromatic rings. The molecule has 0 spiro atoms. The molecule has 0 atom stereocenters. The zero-order valence-electron chi connectivity index (χ0n) is 9.42. The van der Waals surface area contributed by atoms with Crippen LogP contribution in [0.25, 0.3) is 0 Å². The van der Waals surface area contributed by atoms with Gasteiger partial charge >= 0.3 is 0 Å². The summed E-state index contributed by atoms with van der Waals surface area (Å²) in [6.07, 6.45) is 6.87. The Morgan fingerprint density at radius 1 is 1.19 bits per heavy atom. The molecule has 1 aliphatic rings. The third-order valence-electron chi connectivity index (χ3n) is 3.43. The first-order valence-corrected chi connectivity index (χ1v) is 6.41. The molecule has 0 heterocycles. The molecular formula is C14H17ClO. The fraction of sp³-hybridized carbons (Fsp3) is 0.500. The SMILES string of the molecule is O=C(Cl)Cc1ccccc1C1CCCCC1. The van der Waals surface area contributed by atoms with Crippen LogP contribution in [-0.2, 0) is 11.2 Å². The van der Waals surface area contributed by atoms with Gasteiger partial charge in [0.15, 0.2) is 0 Å². The van der Waals surface area contributed by atoms with Crippen molar-refractivity contribution in [1.29, 1.82) is 0 Å². The molecule has 0 bridgehead atoms. The van der Waals surface area contributed by atoms with E-state index >= 15 is 0 Å². The van der Waals surface area contributed by atoms with Crippen LogP contribution < -0.4 is 0 Å². The fourth-order valence-corrected chi connectivity index (χ4v) is 2.80. The average Bonchev–Trinajstić information content (AvgIpc) is 2.30. The zero-order chi connectivity index (χ0) is 11.4. The van der Waals surface area contributed by atoms with Crippen LogP contribution in [0.3, 0.4) is 0 Å². The molecule has 0 amide bonds. The van der Waals surface area contributed by atoms with E-state index in [0.29, 0.717) is 12.3 Å². The van der Waals surface area contributed by atoms with Gasteiger partial charge in [0.2, 0.25) is 5.24 Å². The molecule has 1 saturated carbocycles. The van der Waals surface area contributed by atoms with Crippen molar-refractivity contribution in [1.82, 2.24) is 0 Å². The molecule has 1 aliphatic carbocycles. The lowest BCUT2D eigenvalue weighted by molar-refractivity contribution is -0.111. The molecule has 0 aliphatic heterocycles. The Morgan fingerprint density at radius 2 is 1.88 bits per heavy atom. The molecule has 0 N–H and O–H groups in total. The van der Waals surface area contributed by atoms with Crippen LogP contribution in [0, 0.1) is 0 Å². The molecule has 0 aromatic heterocycles. The van der Waals surface area contributed by atoms with Crippen LogP contribution in [0.2, 0.25) is 0 Å². The Balaban J connectivity index is 2.20. The maximum Gasteiger partial charge on any atom is 0.226 e. The van der Waals surface area contributed by atoms with Gasteiger partial charge in [-0.1, -0.05) is 43.5 Å². The van der Waals surface area contributed by atoms with Gasteiger partial charge in [0.25, 0.3) is 0 Å². The molecule has 1 fully saturated rings. The van der Waals surface area contributed by atoms with E-state index in [0.717, 1.165) is 5.56 Å². The summed E-state index contributed by atoms with van der Waals surface area (Å²) in [6.45, 7) is 0. The van der Waals surface area contributed by atoms with Crippen molar-refractivity contribution in [2.75, 3.05) is 0 Å². The van der Waals surface area contributed by atoms with Gasteiger partial charge in [-0.15, -0.1) is 0 Å². The fourth-order valence-electron chi connectivity index (χ4n) is 2.66. The zero-order valence-corrected chi connectivity index (χ0v) is 10.2. The third-order valence-corrected chi connectivity index (χ3v) is 3.56. The molecule has 0 radical (unpaired) electrons. The van der Waals surface area contributed by atoms with Gasteiger partial charge in [-0.05, 0) is 41.5 Å². The van der Waals surface area contributed by atoms with Crippen molar-refractivity contribution in [3.05, 3.63) is 35.4 Å². The van der Waals surface area contributed by atoms with Crippen molar-refractivity contribution in [2.24, 2.45) is 0 Å². The summed E-state index contributed by atoms with van der Waals surface area (Å²) in [7, 11) is 0. The summed E-state index contributed by atoms with van der Waals surface area (Å²) in [5.41, 5.74) is 2.46.